The molecule has 0 fully saturated rings. The van der Waals surface area contributed by atoms with Crippen LogP contribution in [0.25, 0.3) is 0 Å². The Labute approximate surface area is 168 Å². The molecule has 0 nitrogen and oxygen atoms in total. The van der Waals surface area contributed by atoms with Crippen molar-refractivity contribution in [3.8, 4) is 11.6 Å². The summed E-state index contributed by atoms with van der Waals surface area (Å²) in [6, 6.07) is 40.8. The fraction of sp³-hybridized carbons (Fsp3) is 0.0370. The Bertz CT molecular complexity index is 1010. The molecule has 0 unspecified atom stereocenters. The van der Waals surface area contributed by atoms with Crippen LogP contribution in [0.5, 0.6) is 0 Å². The maximum absolute atomic E-state index is 3.81. The van der Waals surface area contributed by atoms with E-state index in [0.29, 0.717) is 0 Å². The summed E-state index contributed by atoms with van der Waals surface area (Å²) in [5.41, 5.74) is 6.12. The molecule has 136 valence electrons. The average molecular weight is 378 g/mol. The van der Waals surface area contributed by atoms with Gasteiger partial charge in [0.25, 0.3) is 0 Å². The molecule has 0 saturated heterocycles. The molecule has 0 spiro atoms. The number of hydrogen-bond donors (Lipinski definition) is 0. The SMILES string of the molecule is Cc1cccc(C#C[PH](c2ccccc2)(c2ccccc2)c2ccccc2)c1. The molecule has 0 heterocycles. The summed E-state index contributed by atoms with van der Waals surface area (Å²) in [5.74, 6) is 3.53. The van der Waals surface area contributed by atoms with E-state index in [1.54, 1.807) is 0 Å². The van der Waals surface area contributed by atoms with Gasteiger partial charge in [-0.25, -0.2) is 0 Å². The van der Waals surface area contributed by atoms with E-state index in [-0.39, 0.29) is 0 Å². The van der Waals surface area contributed by atoms with Crippen molar-refractivity contribution in [2.75, 3.05) is 0 Å². The van der Waals surface area contributed by atoms with Gasteiger partial charge in [-0.2, -0.15) is 0 Å². The summed E-state index contributed by atoms with van der Waals surface area (Å²) in [5, 5.41) is 3.94. The van der Waals surface area contributed by atoms with Crippen LogP contribution in [0.3, 0.4) is 0 Å². The van der Waals surface area contributed by atoms with Crippen LogP contribution in [0.4, 0.5) is 0 Å². The first kappa shape index (κ1) is 18.2. The zero-order valence-corrected chi connectivity index (χ0v) is 17.0. The van der Waals surface area contributed by atoms with E-state index in [4.69, 9.17) is 0 Å². The Hall–Kier alpha value is -3.13. The van der Waals surface area contributed by atoms with Gasteiger partial charge in [-0.3, -0.25) is 0 Å². The minimum absolute atomic E-state index is 1.07. The van der Waals surface area contributed by atoms with Gasteiger partial charge in [0.2, 0.25) is 0 Å². The van der Waals surface area contributed by atoms with Gasteiger partial charge in [-0.1, -0.05) is 0 Å². The summed E-state index contributed by atoms with van der Waals surface area (Å²) in [4.78, 5) is 0. The Balaban J connectivity index is 2.02. The third kappa shape index (κ3) is 3.63. The Morgan fingerprint density at radius 3 is 1.43 bits per heavy atom. The average Bonchev–Trinajstić information content (AvgIpc) is 2.77. The monoisotopic (exact) mass is 378 g/mol. The van der Waals surface area contributed by atoms with Crippen LogP contribution in [0.1, 0.15) is 11.1 Å². The third-order valence-electron chi connectivity index (χ3n) is 5.03. The van der Waals surface area contributed by atoms with Gasteiger partial charge in [-0.15, -0.1) is 0 Å². The summed E-state index contributed by atoms with van der Waals surface area (Å²) in [7, 11) is -2.49. The van der Waals surface area contributed by atoms with Crippen molar-refractivity contribution in [2.24, 2.45) is 0 Å². The van der Waals surface area contributed by atoms with Crippen LogP contribution < -0.4 is 15.9 Å². The molecule has 4 rings (SSSR count). The molecule has 0 N–H and O–H groups in total. The molecule has 0 bridgehead atoms. The molecule has 0 aliphatic rings. The molecule has 28 heavy (non-hydrogen) atoms. The van der Waals surface area contributed by atoms with E-state index in [0.717, 1.165) is 5.56 Å². The van der Waals surface area contributed by atoms with Crippen LogP contribution in [0, 0.1) is 18.5 Å². The molecule has 4 aromatic carbocycles. The van der Waals surface area contributed by atoms with E-state index < -0.39 is 7.26 Å². The van der Waals surface area contributed by atoms with Crippen molar-refractivity contribution in [1.29, 1.82) is 0 Å². The summed E-state index contributed by atoms with van der Waals surface area (Å²) >= 11 is 0. The molecule has 1 heteroatoms. The van der Waals surface area contributed by atoms with Crippen molar-refractivity contribution < 1.29 is 0 Å². The number of aryl methyl sites for hydroxylation is 1. The van der Waals surface area contributed by atoms with Crippen molar-refractivity contribution in [2.45, 2.75) is 6.92 Å². The molecule has 0 amide bonds. The second kappa shape index (κ2) is 8.26. The zero-order valence-electron chi connectivity index (χ0n) is 16.0. The summed E-state index contributed by atoms with van der Waals surface area (Å²) in [6.07, 6.45) is 0. The first-order valence-corrected chi connectivity index (χ1v) is 11.6. The molecule has 0 aromatic heterocycles. The van der Waals surface area contributed by atoms with Crippen LogP contribution in [-0.4, -0.2) is 0 Å². The normalized spacial score (nSPS) is 11.3. The Kier molecular flexibility index (Phi) is 5.38. The number of benzene rings is 4. The third-order valence-corrected chi connectivity index (χ3v) is 9.13. The van der Waals surface area contributed by atoms with Crippen molar-refractivity contribution >= 4 is 23.2 Å². The molecule has 0 radical (unpaired) electrons. The van der Waals surface area contributed by atoms with Crippen LogP contribution >= 0.6 is 7.26 Å². The number of rotatable bonds is 3. The van der Waals surface area contributed by atoms with Crippen LogP contribution in [0.15, 0.2) is 115 Å². The van der Waals surface area contributed by atoms with E-state index >= 15 is 0 Å². The predicted octanol–water partition coefficient (Wildman–Crippen LogP) is 5.03. The first-order chi connectivity index (χ1) is 13.8. The van der Waals surface area contributed by atoms with Gasteiger partial charge in [-0.05, 0) is 0 Å². The van der Waals surface area contributed by atoms with Gasteiger partial charge in [0.05, 0.1) is 0 Å². The molecule has 0 aliphatic carbocycles. The topological polar surface area (TPSA) is 0 Å². The standard InChI is InChI=1S/C27H23P/c1-23-12-11-13-24(22-23)20-21-28(25-14-5-2-6-15-25,26-16-7-3-8-17-26)27-18-9-4-10-19-27/h2-19,22,28H,1H3. The molecule has 0 saturated carbocycles. The molecule has 0 atom stereocenters. The van der Waals surface area contributed by atoms with E-state index in [1.165, 1.54) is 21.5 Å². The van der Waals surface area contributed by atoms with Crippen LogP contribution in [-0.2, 0) is 0 Å². The van der Waals surface area contributed by atoms with Gasteiger partial charge >= 0.3 is 168 Å². The Morgan fingerprint density at radius 2 is 1.00 bits per heavy atom. The van der Waals surface area contributed by atoms with Crippen molar-refractivity contribution in [1.82, 2.24) is 0 Å². The molecular formula is C27H23P. The Morgan fingerprint density at radius 1 is 0.536 bits per heavy atom. The predicted molar refractivity (Wildman–Crippen MR) is 125 cm³/mol. The number of hydrogen-bond acceptors (Lipinski definition) is 0. The maximum atomic E-state index is 3.81. The van der Waals surface area contributed by atoms with Gasteiger partial charge in [0.15, 0.2) is 0 Å². The first-order valence-electron chi connectivity index (χ1n) is 9.55. The summed E-state index contributed by atoms with van der Waals surface area (Å²) in [6.45, 7) is 2.11. The molecule has 4 aromatic rings. The summed E-state index contributed by atoms with van der Waals surface area (Å²) < 4.78 is 0. The second-order valence-corrected chi connectivity index (χ2v) is 10.4. The molecule has 0 aliphatic heterocycles. The van der Waals surface area contributed by atoms with Crippen molar-refractivity contribution in [3.05, 3.63) is 126 Å². The van der Waals surface area contributed by atoms with Gasteiger partial charge in [0.1, 0.15) is 0 Å². The quantitative estimate of drug-likeness (QED) is 0.346. The fourth-order valence-corrected chi connectivity index (χ4v) is 7.51. The van der Waals surface area contributed by atoms with E-state index in [9.17, 15) is 0 Å². The van der Waals surface area contributed by atoms with Gasteiger partial charge in [0, 0.05) is 0 Å². The van der Waals surface area contributed by atoms with E-state index in [1.807, 2.05) is 0 Å². The molecular weight excluding hydrogens is 355 g/mol. The zero-order chi connectivity index (χ0) is 19.2. The minimum atomic E-state index is -2.49. The van der Waals surface area contributed by atoms with Crippen LogP contribution in [0.2, 0.25) is 0 Å². The second-order valence-electron chi connectivity index (χ2n) is 6.97. The van der Waals surface area contributed by atoms with E-state index in [2.05, 4.69) is 134 Å². The fourth-order valence-electron chi connectivity index (χ4n) is 3.67. The van der Waals surface area contributed by atoms with Crippen molar-refractivity contribution in [3.63, 3.8) is 0 Å². The van der Waals surface area contributed by atoms with Gasteiger partial charge < -0.3 is 0 Å².